The summed E-state index contributed by atoms with van der Waals surface area (Å²) in [5, 5.41) is 12.4. The first-order valence-corrected chi connectivity index (χ1v) is 9.12. The summed E-state index contributed by atoms with van der Waals surface area (Å²) in [4.78, 5) is 40.6. The fourth-order valence-electron chi connectivity index (χ4n) is 3.80. The first-order chi connectivity index (χ1) is 12.4. The second kappa shape index (κ2) is 7.35. The summed E-state index contributed by atoms with van der Waals surface area (Å²) < 4.78 is 0. The third-order valence-electron chi connectivity index (χ3n) is 5.43. The Labute approximate surface area is 153 Å². The molecule has 1 aromatic carbocycles. The van der Waals surface area contributed by atoms with Crippen molar-refractivity contribution in [1.29, 1.82) is 0 Å². The average molecular weight is 359 g/mol. The molecule has 0 bridgehead atoms. The molecule has 0 saturated carbocycles. The molecule has 1 aromatic rings. The lowest BCUT2D eigenvalue weighted by Gasteiger charge is -2.36. The number of nitrogens with one attached hydrogen (secondary N) is 1. The molecule has 26 heavy (non-hydrogen) atoms. The summed E-state index contributed by atoms with van der Waals surface area (Å²) in [7, 11) is 0. The van der Waals surface area contributed by atoms with Gasteiger partial charge in [-0.05, 0) is 30.4 Å². The van der Waals surface area contributed by atoms with Gasteiger partial charge in [0.25, 0.3) is 0 Å². The van der Waals surface area contributed by atoms with Crippen LogP contribution in [0, 0.1) is 5.92 Å². The Morgan fingerprint density at radius 2 is 2.04 bits per heavy atom. The highest BCUT2D eigenvalue weighted by Gasteiger charge is 2.42. The van der Waals surface area contributed by atoms with Crippen LogP contribution in [0.4, 0.5) is 10.5 Å². The smallest absolute Gasteiger partial charge is 0.326 e. The number of likely N-dealkylation sites (tertiary alicyclic amines) is 1. The summed E-state index contributed by atoms with van der Waals surface area (Å²) in [5.41, 5.74) is 1.56. The van der Waals surface area contributed by atoms with Gasteiger partial charge in [0.1, 0.15) is 12.1 Å². The molecule has 2 aliphatic rings. The number of benzene rings is 1. The number of amides is 3. The first kappa shape index (κ1) is 18.2. The van der Waals surface area contributed by atoms with Crippen LogP contribution in [-0.2, 0) is 16.1 Å². The maximum atomic E-state index is 13.3. The van der Waals surface area contributed by atoms with Gasteiger partial charge < -0.3 is 20.2 Å². The van der Waals surface area contributed by atoms with Crippen molar-refractivity contribution in [2.75, 3.05) is 11.9 Å². The topological polar surface area (TPSA) is 90.0 Å². The van der Waals surface area contributed by atoms with Crippen molar-refractivity contribution in [2.45, 2.75) is 51.7 Å². The average Bonchev–Trinajstić information content (AvgIpc) is 3.06. The zero-order valence-electron chi connectivity index (χ0n) is 15.1. The number of carboxylic acid groups (broad SMARTS) is 1. The maximum Gasteiger partial charge on any atom is 0.326 e. The number of para-hydroxylation sites is 1. The first-order valence-electron chi connectivity index (χ1n) is 9.12. The summed E-state index contributed by atoms with van der Waals surface area (Å²) >= 11 is 0. The van der Waals surface area contributed by atoms with Gasteiger partial charge in [-0.3, -0.25) is 4.79 Å². The Kier molecular flexibility index (Phi) is 5.15. The third kappa shape index (κ3) is 3.25. The lowest BCUT2D eigenvalue weighted by molar-refractivity contribution is -0.141. The van der Waals surface area contributed by atoms with E-state index in [2.05, 4.69) is 5.32 Å². The molecule has 2 heterocycles. The van der Waals surface area contributed by atoms with Crippen LogP contribution in [0.3, 0.4) is 0 Å². The minimum absolute atomic E-state index is 0.0425. The fourth-order valence-corrected chi connectivity index (χ4v) is 3.80. The number of rotatable bonds is 3. The van der Waals surface area contributed by atoms with Gasteiger partial charge in [-0.15, -0.1) is 0 Å². The maximum absolute atomic E-state index is 13.3. The van der Waals surface area contributed by atoms with Crippen LogP contribution in [0.2, 0.25) is 0 Å². The summed E-state index contributed by atoms with van der Waals surface area (Å²) in [6.45, 7) is 4.61. The number of urea groups is 1. The van der Waals surface area contributed by atoms with Gasteiger partial charge in [0.15, 0.2) is 0 Å². The van der Waals surface area contributed by atoms with Crippen molar-refractivity contribution in [3.05, 3.63) is 29.8 Å². The molecule has 0 spiro atoms. The number of carbonyl (C=O) groups excluding carboxylic acids is 2. The van der Waals surface area contributed by atoms with E-state index in [-0.39, 0.29) is 24.4 Å². The number of hydrogen-bond acceptors (Lipinski definition) is 3. The van der Waals surface area contributed by atoms with Gasteiger partial charge in [-0.1, -0.05) is 38.5 Å². The van der Waals surface area contributed by atoms with Crippen LogP contribution in [0.15, 0.2) is 24.3 Å². The van der Waals surface area contributed by atoms with Gasteiger partial charge in [-0.2, -0.15) is 0 Å². The molecule has 7 nitrogen and oxygen atoms in total. The van der Waals surface area contributed by atoms with Crippen molar-refractivity contribution in [3.8, 4) is 0 Å². The quantitative estimate of drug-likeness (QED) is 0.868. The van der Waals surface area contributed by atoms with E-state index in [1.807, 2.05) is 38.1 Å². The van der Waals surface area contributed by atoms with E-state index in [1.54, 1.807) is 4.90 Å². The number of nitrogens with zero attached hydrogens (tertiary/aromatic N) is 2. The second-order valence-corrected chi connectivity index (χ2v) is 7.08. The van der Waals surface area contributed by atoms with Gasteiger partial charge in [0.2, 0.25) is 5.91 Å². The number of hydrogen-bond donors (Lipinski definition) is 2. The highest BCUT2D eigenvalue weighted by molar-refractivity contribution is 5.99. The van der Waals surface area contributed by atoms with Crippen LogP contribution in [0.1, 0.15) is 38.7 Å². The van der Waals surface area contributed by atoms with E-state index in [4.69, 9.17) is 0 Å². The van der Waals surface area contributed by atoms with E-state index < -0.39 is 18.1 Å². The summed E-state index contributed by atoms with van der Waals surface area (Å²) in [6, 6.07) is 5.60. The highest BCUT2D eigenvalue weighted by atomic mass is 16.4. The lowest BCUT2D eigenvalue weighted by Crippen LogP contribution is -2.55. The summed E-state index contributed by atoms with van der Waals surface area (Å²) in [5.74, 6) is -1.25. The molecular weight excluding hydrogens is 334 g/mol. The van der Waals surface area contributed by atoms with Crippen LogP contribution in [-0.4, -0.2) is 51.4 Å². The number of carbonyl (C=O) groups is 3. The van der Waals surface area contributed by atoms with Gasteiger partial charge in [0, 0.05) is 12.2 Å². The van der Waals surface area contributed by atoms with Crippen molar-refractivity contribution < 1.29 is 19.5 Å². The van der Waals surface area contributed by atoms with E-state index >= 15 is 0 Å². The molecule has 0 radical (unpaired) electrons. The molecule has 1 fully saturated rings. The van der Waals surface area contributed by atoms with E-state index in [0.29, 0.717) is 25.1 Å². The number of aliphatic carboxylic acids is 1. The molecular formula is C19H25N3O4. The molecule has 7 heteroatoms. The van der Waals surface area contributed by atoms with Crippen LogP contribution >= 0.6 is 0 Å². The minimum atomic E-state index is -0.990. The Morgan fingerprint density at radius 1 is 1.31 bits per heavy atom. The van der Waals surface area contributed by atoms with Crippen molar-refractivity contribution in [2.24, 2.45) is 5.92 Å². The highest BCUT2D eigenvalue weighted by Crippen LogP contribution is 2.30. The molecule has 3 rings (SSSR count). The Bertz CT molecular complexity index is 720. The Morgan fingerprint density at radius 3 is 2.73 bits per heavy atom. The van der Waals surface area contributed by atoms with Crippen molar-refractivity contribution >= 4 is 23.6 Å². The predicted octanol–water partition coefficient (Wildman–Crippen LogP) is 2.52. The third-order valence-corrected chi connectivity index (χ3v) is 5.43. The van der Waals surface area contributed by atoms with Crippen molar-refractivity contribution in [3.63, 3.8) is 0 Å². The number of anilines is 1. The lowest BCUT2D eigenvalue weighted by atomic mass is 9.97. The molecule has 2 N–H and O–H groups in total. The molecule has 140 valence electrons. The van der Waals surface area contributed by atoms with E-state index in [0.717, 1.165) is 12.0 Å². The predicted molar refractivity (Wildman–Crippen MR) is 96.6 cm³/mol. The zero-order valence-corrected chi connectivity index (χ0v) is 15.1. The zero-order chi connectivity index (χ0) is 18.8. The molecule has 1 saturated heterocycles. The summed E-state index contributed by atoms with van der Waals surface area (Å²) in [6.07, 6.45) is 1.85. The van der Waals surface area contributed by atoms with Gasteiger partial charge >= 0.3 is 12.0 Å². The molecule has 3 amide bonds. The molecule has 0 aromatic heterocycles. The number of carboxylic acids is 1. The SMILES string of the molecule is CCC(C)C1C(=O)Nc2ccccc2CN1C(=O)N1CCC[C@H]1C(=O)O. The van der Waals surface area contributed by atoms with Gasteiger partial charge in [0.05, 0.1) is 6.54 Å². The van der Waals surface area contributed by atoms with E-state index in [1.165, 1.54) is 4.90 Å². The Balaban J connectivity index is 1.98. The van der Waals surface area contributed by atoms with E-state index in [9.17, 15) is 19.5 Å². The molecule has 3 atom stereocenters. The second-order valence-electron chi connectivity index (χ2n) is 7.08. The minimum Gasteiger partial charge on any atom is -0.480 e. The fraction of sp³-hybridized carbons (Fsp3) is 0.526. The largest absolute Gasteiger partial charge is 0.480 e. The number of fused-ring (bicyclic) bond motifs is 1. The Hall–Kier alpha value is -2.57. The van der Waals surface area contributed by atoms with Gasteiger partial charge in [-0.25, -0.2) is 9.59 Å². The monoisotopic (exact) mass is 359 g/mol. The van der Waals surface area contributed by atoms with Crippen molar-refractivity contribution in [1.82, 2.24) is 9.80 Å². The standard InChI is InChI=1S/C19H25N3O4/c1-3-12(2)16-17(23)20-14-8-5-4-7-13(14)11-22(16)19(26)21-10-6-9-15(21)18(24)25/h4-5,7-8,12,15-16H,3,6,9-11H2,1-2H3,(H,20,23)(H,24,25)/t12?,15-,16?/m0/s1. The molecule has 0 aliphatic carbocycles. The van der Waals surface area contributed by atoms with Crippen LogP contribution in [0.5, 0.6) is 0 Å². The molecule has 2 unspecified atom stereocenters. The van der Waals surface area contributed by atoms with Crippen LogP contribution < -0.4 is 5.32 Å². The van der Waals surface area contributed by atoms with Crippen LogP contribution in [0.25, 0.3) is 0 Å². The molecule has 2 aliphatic heterocycles. The normalized spacial score (nSPS) is 23.8.